The molecule has 1 saturated heterocycles. The second-order valence-electron chi connectivity index (χ2n) is 7.91. The molecule has 1 aromatic rings. The van der Waals surface area contributed by atoms with Crippen LogP contribution in [0.3, 0.4) is 0 Å². The zero-order valence-corrected chi connectivity index (χ0v) is 17.7. The van der Waals surface area contributed by atoms with E-state index in [0.29, 0.717) is 5.92 Å². The van der Waals surface area contributed by atoms with Crippen LogP contribution in [-0.4, -0.2) is 50.7 Å². The van der Waals surface area contributed by atoms with E-state index in [0.717, 1.165) is 51.1 Å². The molecule has 3 rings (SSSR count). The highest BCUT2D eigenvalue weighted by atomic mass is 35.5. The molecule has 1 N–H and O–H groups in total. The first-order valence-corrected chi connectivity index (χ1v) is 9.76. The van der Waals surface area contributed by atoms with Crippen LogP contribution in [-0.2, 0) is 21.6 Å². The maximum absolute atomic E-state index is 12.9. The lowest BCUT2D eigenvalue weighted by atomic mass is 9.79. The maximum Gasteiger partial charge on any atom is 0.239 e. The normalized spacial score (nSPS) is 19.4. The van der Waals surface area contributed by atoms with Crippen molar-refractivity contribution in [3.05, 3.63) is 29.3 Å². The Morgan fingerprint density at radius 2 is 2.04 bits per heavy atom. The smallest absolute Gasteiger partial charge is 0.239 e. The van der Waals surface area contributed by atoms with Crippen molar-refractivity contribution in [2.75, 3.05) is 33.9 Å². The van der Waals surface area contributed by atoms with Crippen molar-refractivity contribution < 1.29 is 14.3 Å². The first-order valence-electron chi connectivity index (χ1n) is 9.76. The number of likely N-dealkylation sites (N-methyl/N-ethyl adjacent to an activating group) is 1. The lowest BCUT2D eigenvalue weighted by Crippen LogP contribution is -2.53. The number of carbonyl (C=O) groups is 1. The van der Waals surface area contributed by atoms with Gasteiger partial charge in [0.2, 0.25) is 5.91 Å². The van der Waals surface area contributed by atoms with Crippen molar-refractivity contribution >= 4 is 18.3 Å². The van der Waals surface area contributed by atoms with Gasteiger partial charge in [0.15, 0.2) is 0 Å². The van der Waals surface area contributed by atoms with E-state index in [4.69, 9.17) is 9.47 Å². The average molecular weight is 397 g/mol. The van der Waals surface area contributed by atoms with Crippen molar-refractivity contribution in [1.29, 1.82) is 0 Å². The zero-order chi connectivity index (χ0) is 18.7. The summed E-state index contributed by atoms with van der Waals surface area (Å²) in [6, 6.07) is 6.22. The molecule has 1 fully saturated rings. The van der Waals surface area contributed by atoms with Gasteiger partial charge in [-0.05, 0) is 61.9 Å². The number of hydrogen-bond acceptors (Lipinski definition) is 4. The summed E-state index contributed by atoms with van der Waals surface area (Å²) in [5.74, 6) is 1.62. The number of nitrogens with zero attached hydrogens (tertiary/aromatic N) is 1. The molecule has 1 amide bonds. The minimum absolute atomic E-state index is 0. The van der Waals surface area contributed by atoms with Crippen LogP contribution in [0.2, 0.25) is 0 Å². The van der Waals surface area contributed by atoms with Crippen LogP contribution in [0.4, 0.5) is 0 Å². The third kappa shape index (κ3) is 4.58. The summed E-state index contributed by atoms with van der Waals surface area (Å²) in [5, 5.41) is 3.19. The predicted molar refractivity (Wildman–Crippen MR) is 110 cm³/mol. The van der Waals surface area contributed by atoms with Gasteiger partial charge in [0.05, 0.1) is 25.4 Å². The largest absolute Gasteiger partial charge is 0.497 e. The van der Waals surface area contributed by atoms with E-state index in [1.807, 2.05) is 18.0 Å². The monoisotopic (exact) mass is 396 g/mol. The standard InChI is InChI=1S/C21H32N2O3.ClH/c1-15(2)13-19(22-3)20(24)23-10-8-21(9-11-23)18-6-5-17(25-4)14-16(18)7-12-26-21;/h5-6,14-15,19,22H,7-13H2,1-4H3;1H/t19-;/m0./s1. The number of likely N-dealkylation sites (tertiary alicyclic amines) is 1. The van der Waals surface area contributed by atoms with E-state index in [1.54, 1.807) is 7.11 Å². The van der Waals surface area contributed by atoms with E-state index < -0.39 is 0 Å². The van der Waals surface area contributed by atoms with Gasteiger partial charge in [-0.3, -0.25) is 4.79 Å². The van der Waals surface area contributed by atoms with Crippen LogP contribution in [0.1, 0.15) is 44.2 Å². The lowest BCUT2D eigenvalue weighted by Gasteiger charge is -2.45. The molecular formula is C21H33ClN2O3. The van der Waals surface area contributed by atoms with Gasteiger partial charge in [-0.2, -0.15) is 0 Å². The molecule has 1 aromatic carbocycles. The van der Waals surface area contributed by atoms with Crippen molar-refractivity contribution in [2.24, 2.45) is 5.92 Å². The van der Waals surface area contributed by atoms with E-state index in [1.165, 1.54) is 11.1 Å². The molecule has 0 aliphatic carbocycles. The number of amides is 1. The van der Waals surface area contributed by atoms with Gasteiger partial charge < -0.3 is 19.7 Å². The Balaban J connectivity index is 0.00000261. The molecule has 152 valence electrons. The Hall–Kier alpha value is -1.30. The summed E-state index contributed by atoms with van der Waals surface area (Å²) in [6.45, 7) is 6.55. The van der Waals surface area contributed by atoms with E-state index in [2.05, 4.69) is 31.3 Å². The Labute approximate surface area is 169 Å². The summed E-state index contributed by atoms with van der Waals surface area (Å²) in [7, 11) is 3.58. The van der Waals surface area contributed by atoms with Crippen LogP contribution >= 0.6 is 12.4 Å². The highest BCUT2D eigenvalue weighted by Gasteiger charge is 2.42. The van der Waals surface area contributed by atoms with Crippen molar-refractivity contribution in [3.8, 4) is 5.75 Å². The molecule has 2 aliphatic rings. The average Bonchev–Trinajstić information content (AvgIpc) is 2.66. The third-order valence-electron chi connectivity index (χ3n) is 5.79. The van der Waals surface area contributed by atoms with Crippen LogP contribution in [0.15, 0.2) is 18.2 Å². The molecule has 0 radical (unpaired) electrons. The summed E-state index contributed by atoms with van der Waals surface area (Å²) in [5.41, 5.74) is 2.36. The second kappa shape index (κ2) is 9.26. The number of hydrogen-bond donors (Lipinski definition) is 1. The quantitative estimate of drug-likeness (QED) is 0.830. The Morgan fingerprint density at radius 1 is 1.33 bits per heavy atom. The molecule has 1 spiro atoms. The zero-order valence-electron chi connectivity index (χ0n) is 16.9. The van der Waals surface area contributed by atoms with E-state index in [-0.39, 0.29) is 30.0 Å². The predicted octanol–water partition coefficient (Wildman–Crippen LogP) is 3.14. The number of rotatable bonds is 5. The summed E-state index contributed by atoms with van der Waals surface area (Å²) in [4.78, 5) is 14.9. The van der Waals surface area contributed by atoms with Gasteiger partial charge in [-0.15, -0.1) is 12.4 Å². The third-order valence-corrected chi connectivity index (χ3v) is 5.79. The minimum atomic E-state index is -0.246. The summed E-state index contributed by atoms with van der Waals surface area (Å²) in [6.07, 6.45) is 3.51. The fourth-order valence-electron chi connectivity index (χ4n) is 4.32. The van der Waals surface area contributed by atoms with Crippen molar-refractivity contribution in [3.63, 3.8) is 0 Å². The Kier molecular flexibility index (Phi) is 7.55. The summed E-state index contributed by atoms with van der Waals surface area (Å²) >= 11 is 0. The molecule has 5 nitrogen and oxygen atoms in total. The first kappa shape index (κ1) is 22.0. The highest BCUT2D eigenvalue weighted by Crippen LogP contribution is 2.42. The molecule has 0 bridgehead atoms. The highest BCUT2D eigenvalue weighted by molar-refractivity contribution is 5.85. The molecule has 2 aliphatic heterocycles. The number of carbonyl (C=O) groups excluding carboxylic acids is 1. The maximum atomic E-state index is 12.9. The van der Waals surface area contributed by atoms with Crippen LogP contribution < -0.4 is 10.1 Å². The molecule has 0 saturated carbocycles. The molecule has 0 unspecified atom stereocenters. The molecule has 6 heteroatoms. The fourth-order valence-corrected chi connectivity index (χ4v) is 4.32. The lowest BCUT2D eigenvalue weighted by molar-refractivity contribution is -0.143. The number of benzene rings is 1. The fraction of sp³-hybridized carbons (Fsp3) is 0.667. The number of methoxy groups -OCH3 is 1. The number of nitrogens with one attached hydrogen (secondary N) is 1. The molecule has 0 aromatic heterocycles. The van der Waals surface area contributed by atoms with Crippen LogP contribution in [0.25, 0.3) is 0 Å². The summed E-state index contributed by atoms with van der Waals surface area (Å²) < 4.78 is 11.7. The topological polar surface area (TPSA) is 50.8 Å². The number of piperidine rings is 1. The minimum Gasteiger partial charge on any atom is -0.497 e. The van der Waals surface area contributed by atoms with Gasteiger partial charge in [-0.25, -0.2) is 0 Å². The molecule has 27 heavy (non-hydrogen) atoms. The van der Waals surface area contributed by atoms with Crippen LogP contribution in [0.5, 0.6) is 5.75 Å². The van der Waals surface area contributed by atoms with Crippen molar-refractivity contribution in [1.82, 2.24) is 10.2 Å². The van der Waals surface area contributed by atoms with Crippen LogP contribution in [0, 0.1) is 5.92 Å². The first-order chi connectivity index (χ1) is 12.5. The Morgan fingerprint density at radius 3 is 2.63 bits per heavy atom. The second-order valence-corrected chi connectivity index (χ2v) is 7.91. The molecule has 1 atom stereocenters. The van der Waals surface area contributed by atoms with Gasteiger partial charge in [0, 0.05) is 13.1 Å². The number of halogens is 1. The van der Waals surface area contributed by atoms with E-state index >= 15 is 0 Å². The van der Waals surface area contributed by atoms with Gasteiger partial charge >= 0.3 is 0 Å². The van der Waals surface area contributed by atoms with Gasteiger partial charge in [-0.1, -0.05) is 19.9 Å². The SMILES string of the molecule is CN[C@@H](CC(C)C)C(=O)N1CCC2(CC1)OCCc1cc(OC)ccc12.Cl. The number of fused-ring (bicyclic) bond motifs is 2. The number of ether oxygens (including phenoxy) is 2. The Bertz CT molecular complexity index is 642. The van der Waals surface area contributed by atoms with Crippen molar-refractivity contribution in [2.45, 2.75) is 51.2 Å². The van der Waals surface area contributed by atoms with Gasteiger partial charge in [0.1, 0.15) is 5.75 Å². The molecular weight excluding hydrogens is 364 g/mol. The molecule has 2 heterocycles. The van der Waals surface area contributed by atoms with E-state index in [9.17, 15) is 4.79 Å². The van der Waals surface area contributed by atoms with Gasteiger partial charge in [0.25, 0.3) is 0 Å².